The fourth-order valence-electron chi connectivity index (χ4n) is 2.28. The Morgan fingerprint density at radius 1 is 0.800 bits per heavy atom. The number of rotatable bonds is 3. The first kappa shape index (κ1) is 23.6. The van der Waals surface area contributed by atoms with Gasteiger partial charge in [0.05, 0.1) is 21.7 Å². The van der Waals surface area contributed by atoms with Gasteiger partial charge in [-0.1, -0.05) is 17.7 Å². The summed E-state index contributed by atoms with van der Waals surface area (Å²) < 4.78 is 115. The summed E-state index contributed by atoms with van der Waals surface area (Å²) in [5, 5.41) is 3.25. The van der Waals surface area contributed by atoms with Crippen LogP contribution in [0.15, 0.2) is 36.4 Å². The number of anilines is 1. The van der Waals surface area contributed by atoms with Gasteiger partial charge in [0.25, 0.3) is 0 Å². The van der Waals surface area contributed by atoms with Crippen LogP contribution in [0.5, 0.6) is 0 Å². The number of alkyl halides is 9. The quantitative estimate of drug-likeness (QED) is 0.487. The van der Waals surface area contributed by atoms with Crippen molar-refractivity contribution in [3.63, 3.8) is 0 Å². The minimum atomic E-state index is -5.11. The summed E-state index contributed by atoms with van der Waals surface area (Å²) in [5.41, 5.74) is -5.31. The normalized spacial score (nSPS) is 12.6. The Bertz CT molecular complexity index is 904. The molecule has 164 valence electrons. The average molecular weight is 465 g/mol. The molecule has 2 amide bonds. The Morgan fingerprint density at radius 3 is 1.80 bits per heavy atom. The van der Waals surface area contributed by atoms with Gasteiger partial charge >= 0.3 is 24.6 Å². The molecule has 13 heteroatoms. The molecule has 0 radical (unpaired) electrons. The number of hydrogen-bond acceptors (Lipinski definition) is 1. The number of nitrogens with one attached hydrogen (secondary N) is 2. The molecule has 2 aromatic rings. The fourth-order valence-corrected chi connectivity index (χ4v) is 2.51. The van der Waals surface area contributed by atoms with Gasteiger partial charge in [0.15, 0.2) is 0 Å². The van der Waals surface area contributed by atoms with Gasteiger partial charge in [-0.15, -0.1) is 0 Å². The second kappa shape index (κ2) is 8.25. The van der Waals surface area contributed by atoms with Gasteiger partial charge in [0, 0.05) is 12.2 Å². The van der Waals surface area contributed by atoms with Gasteiger partial charge in [-0.3, -0.25) is 0 Å². The molecule has 30 heavy (non-hydrogen) atoms. The number of amides is 2. The van der Waals surface area contributed by atoms with E-state index < -0.39 is 58.5 Å². The van der Waals surface area contributed by atoms with Crippen LogP contribution in [0.25, 0.3) is 0 Å². The zero-order chi connectivity index (χ0) is 22.9. The highest BCUT2D eigenvalue weighted by Gasteiger charge is 2.37. The maximum absolute atomic E-state index is 12.8. The third-order valence-electron chi connectivity index (χ3n) is 3.63. The van der Waals surface area contributed by atoms with E-state index in [1.165, 1.54) is 0 Å². The number of hydrogen-bond donors (Lipinski definition) is 2. The van der Waals surface area contributed by atoms with Crippen molar-refractivity contribution in [2.24, 2.45) is 0 Å². The molecular formula is C17H10ClF9N2O. The van der Waals surface area contributed by atoms with Crippen LogP contribution in [0.1, 0.15) is 22.3 Å². The molecule has 0 heterocycles. The summed E-state index contributed by atoms with van der Waals surface area (Å²) in [5.74, 6) is 0. The number of urea groups is 1. The SMILES string of the molecule is O=C(NCc1ccc(Cl)c(C(F)(F)F)c1)Nc1cc(C(F)(F)F)cc(C(F)(F)F)c1. The van der Waals surface area contributed by atoms with Crippen molar-refractivity contribution in [3.8, 4) is 0 Å². The number of halogens is 10. The molecule has 2 aromatic carbocycles. The molecule has 2 N–H and O–H groups in total. The first-order valence-corrected chi connectivity index (χ1v) is 8.15. The molecule has 3 nitrogen and oxygen atoms in total. The average Bonchev–Trinajstić information content (AvgIpc) is 2.58. The van der Waals surface area contributed by atoms with Crippen LogP contribution >= 0.6 is 11.6 Å². The Hall–Kier alpha value is -2.63. The maximum atomic E-state index is 12.8. The molecular weight excluding hydrogens is 455 g/mol. The minimum Gasteiger partial charge on any atom is -0.334 e. The molecule has 0 fully saturated rings. The van der Waals surface area contributed by atoms with Crippen molar-refractivity contribution in [2.45, 2.75) is 25.1 Å². The third kappa shape index (κ3) is 6.18. The van der Waals surface area contributed by atoms with E-state index in [0.29, 0.717) is 18.2 Å². The van der Waals surface area contributed by atoms with Gasteiger partial charge in [-0.05, 0) is 35.9 Å². The lowest BCUT2D eigenvalue weighted by Crippen LogP contribution is -2.28. The fraction of sp³-hybridized carbons (Fsp3) is 0.235. The Kier molecular flexibility index (Phi) is 6.50. The maximum Gasteiger partial charge on any atom is 0.417 e. The van der Waals surface area contributed by atoms with Gasteiger partial charge in [-0.2, -0.15) is 39.5 Å². The predicted octanol–water partition coefficient (Wildman–Crippen LogP) is 6.72. The molecule has 2 rings (SSSR count). The number of carbonyl (C=O) groups is 1. The largest absolute Gasteiger partial charge is 0.417 e. The van der Waals surface area contributed by atoms with Crippen molar-refractivity contribution in [2.75, 3.05) is 5.32 Å². The van der Waals surface area contributed by atoms with E-state index in [2.05, 4.69) is 0 Å². The molecule has 0 saturated heterocycles. The van der Waals surface area contributed by atoms with E-state index in [-0.39, 0.29) is 11.6 Å². The molecule has 0 spiro atoms. The van der Waals surface area contributed by atoms with E-state index in [9.17, 15) is 44.3 Å². The molecule has 0 aliphatic heterocycles. The van der Waals surface area contributed by atoms with Crippen LogP contribution in [0.3, 0.4) is 0 Å². The van der Waals surface area contributed by atoms with Crippen LogP contribution in [-0.2, 0) is 25.1 Å². The standard InChI is InChI=1S/C17H10ClF9N2O/c18-13-2-1-8(3-12(13)17(25,26)27)7-28-14(30)29-11-5-9(15(19,20)21)4-10(6-11)16(22,23)24/h1-6H,7H2,(H2,28,29,30). The molecule has 0 aliphatic carbocycles. The molecule has 0 aromatic heterocycles. The molecule has 0 saturated carbocycles. The zero-order valence-electron chi connectivity index (χ0n) is 14.4. The highest BCUT2D eigenvalue weighted by atomic mass is 35.5. The van der Waals surface area contributed by atoms with Gasteiger partial charge < -0.3 is 10.6 Å². The lowest BCUT2D eigenvalue weighted by atomic mass is 10.1. The topological polar surface area (TPSA) is 41.1 Å². The summed E-state index contributed by atoms with van der Waals surface area (Å²) in [6.07, 6.45) is -15.0. The van der Waals surface area contributed by atoms with Gasteiger partial charge in [0.1, 0.15) is 0 Å². The lowest BCUT2D eigenvalue weighted by Gasteiger charge is -2.15. The molecule has 0 bridgehead atoms. The molecule has 0 atom stereocenters. The van der Waals surface area contributed by atoms with Crippen LogP contribution < -0.4 is 10.6 Å². The van der Waals surface area contributed by atoms with E-state index in [0.717, 1.165) is 12.1 Å². The van der Waals surface area contributed by atoms with E-state index in [4.69, 9.17) is 11.6 Å². The minimum absolute atomic E-state index is 0.0538. The summed E-state index contributed by atoms with van der Waals surface area (Å²) in [6.45, 7) is -0.503. The number of benzene rings is 2. The molecule has 0 unspecified atom stereocenters. The van der Waals surface area contributed by atoms with E-state index >= 15 is 0 Å². The van der Waals surface area contributed by atoms with Crippen LogP contribution in [0, 0.1) is 0 Å². The monoisotopic (exact) mass is 464 g/mol. The van der Waals surface area contributed by atoms with Crippen LogP contribution in [-0.4, -0.2) is 6.03 Å². The van der Waals surface area contributed by atoms with Crippen molar-refractivity contribution in [1.29, 1.82) is 0 Å². The Labute approximate surface area is 167 Å². The van der Waals surface area contributed by atoms with E-state index in [1.54, 1.807) is 5.32 Å². The summed E-state index contributed by atoms with van der Waals surface area (Å²) in [6, 6.07) is 1.97. The first-order chi connectivity index (χ1) is 13.6. The predicted molar refractivity (Wildman–Crippen MR) is 88.8 cm³/mol. The zero-order valence-corrected chi connectivity index (χ0v) is 15.1. The smallest absolute Gasteiger partial charge is 0.334 e. The summed E-state index contributed by atoms with van der Waals surface area (Å²) >= 11 is 5.45. The second-order valence-corrected chi connectivity index (χ2v) is 6.32. The number of carbonyl (C=O) groups excluding carboxylic acids is 1. The second-order valence-electron chi connectivity index (χ2n) is 5.91. The van der Waals surface area contributed by atoms with Crippen molar-refractivity contribution < 1.29 is 44.3 Å². The molecule has 0 aliphatic rings. The van der Waals surface area contributed by atoms with Gasteiger partial charge in [0.2, 0.25) is 0 Å². The highest BCUT2D eigenvalue weighted by molar-refractivity contribution is 6.31. The summed E-state index contributed by atoms with van der Waals surface area (Å²) in [4.78, 5) is 11.8. The van der Waals surface area contributed by atoms with Crippen molar-refractivity contribution >= 4 is 23.3 Å². The summed E-state index contributed by atoms with van der Waals surface area (Å²) in [7, 11) is 0. The van der Waals surface area contributed by atoms with Crippen LogP contribution in [0.4, 0.5) is 50.0 Å². The van der Waals surface area contributed by atoms with Crippen molar-refractivity contribution in [1.82, 2.24) is 5.32 Å². The van der Waals surface area contributed by atoms with Crippen LogP contribution in [0.2, 0.25) is 5.02 Å². The van der Waals surface area contributed by atoms with Crippen molar-refractivity contribution in [3.05, 3.63) is 63.7 Å². The van der Waals surface area contributed by atoms with E-state index in [1.807, 2.05) is 5.32 Å². The third-order valence-corrected chi connectivity index (χ3v) is 3.96. The Morgan fingerprint density at radius 2 is 1.33 bits per heavy atom. The highest BCUT2D eigenvalue weighted by Crippen LogP contribution is 2.38. The lowest BCUT2D eigenvalue weighted by molar-refractivity contribution is -0.143. The Balaban J connectivity index is 2.17. The first-order valence-electron chi connectivity index (χ1n) is 7.77. The van der Waals surface area contributed by atoms with Gasteiger partial charge in [-0.25, -0.2) is 4.79 Å².